The second-order valence-electron chi connectivity index (χ2n) is 4.84. The van der Waals surface area contributed by atoms with Gasteiger partial charge in [-0.25, -0.2) is 0 Å². The highest BCUT2D eigenvalue weighted by atomic mass is 79.9. The zero-order valence-corrected chi connectivity index (χ0v) is 13.5. The van der Waals surface area contributed by atoms with Crippen LogP contribution >= 0.6 is 31.9 Å². The van der Waals surface area contributed by atoms with Crippen LogP contribution in [0.25, 0.3) is 0 Å². The molecule has 0 aliphatic heterocycles. The second-order valence-corrected chi connectivity index (χ2v) is 6.61. The Bertz CT molecular complexity index is 573. The number of nitrogens with zero attached hydrogens (tertiary/aromatic N) is 1. The second kappa shape index (κ2) is 5.73. The number of pyridine rings is 1. The predicted molar refractivity (Wildman–Crippen MR) is 84.1 cm³/mol. The average molecular weight is 382 g/mol. The van der Waals surface area contributed by atoms with E-state index in [2.05, 4.69) is 66.4 Å². The van der Waals surface area contributed by atoms with Gasteiger partial charge >= 0.3 is 0 Å². The fourth-order valence-corrected chi connectivity index (χ4v) is 3.64. The number of rotatable bonds is 3. The van der Waals surface area contributed by atoms with Crippen LogP contribution in [0, 0.1) is 0 Å². The molecule has 1 aliphatic rings. The van der Waals surface area contributed by atoms with Gasteiger partial charge in [0.15, 0.2) is 0 Å². The molecule has 19 heavy (non-hydrogen) atoms. The Kier molecular flexibility index (Phi) is 4.01. The molecule has 98 valence electrons. The molecule has 2 nitrogen and oxygen atoms in total. The number of fused-ring (bicyclic) bond motifs is 1. The minimum atomic E-state index is 0.523. The minimum Gasteiger partial charge on any atom is -0.308 e. The maximum atomic E-state index is 4.43. The maximum absolute atomic E-state index is 4.43. The summed E-state index contributed by atoms with van der Waals surface area (Å²) in [4.78, 5) is 4.43. The topological polar surface area (TPSA) is 24.9 Å². The van der Waals surface area contributed by atoms with Gasteiger partial charge in [0.1, 0.15) is 0 Å². The molecule has 1 heterocycles. The molecule has 1 aliphatic carbocycles. The molecule has 0 saturated heterocycles. The third kappa shape index (κ3) is 3.07. The van der Waals surface area contributed by atoms with Gasteiger partial charge in [0, 0.05) is 27.7 Å². The molecule has 0 spiro atoms. The van der Waals surface area contributed by atoms with Crippen molar-refractivity contribution >= 4 is 31.9 Å². The molecule has 0 fully saturated rings. The van der Waals surface area contributed by atoms with Gasteiger partial charge < -0.3 is 5.32 Å². The average Bonchev–Trinajstić information content (AvgIpc) is 2.80. The Balaban J connectivity index is 1.63. The van der Waals surface area contributed by atoms with Crippen LogP contribution < -0.4 is 5.32 Å². The summed E-state index contributed by atoms with van der Waals surface area (Å²) in [5.41, 5.74) is 4.00. The first-order valence-electron chi connectivity index (χ1n) is 6.32. The lowest BCUT2D eigenvalue weighted by Gasteiger charge is -2.12. The molecule has 4 heteroatoms. The molecule has 0 bridgehead atoms. The van der Waals surface area contributed by atoms with E-state index in [0.717, 1.165) is 34.0 Å². The smallest absolute Gasteiger partial charge is 0.0684 e. The molecule has 0 atom stereocenters. The molecule has 0 saturated carbocycles. The highest BCUT2D eigenvalue weighted by molar-refractivity contribution is 9.11. The first kappa shape index (κ1) is 13.3. The van der Waals surface area contributed by atoms with Gasteiger partial charge in [-0.2, -0.15) is 0 Å². The van der Waals surface area contributed by atoms with Crippen LogP contribution in [0.1, 0.15) is 16.8 Å². The molecule has 1 aromatic carbocycles. The molecule has 0 amide bonds. The van der Waals surface area contributed by atoms with E-state index >= 15 is 0 Å². The number of aromatic nitrogens is 1. The fourth-order valence-electron chi connectivity index (χ4n) is 2.52. The zero-order valence-electron chi connectivity index (χ0n) is 10.4. The van der Waals surface area contributed by atoms with Crippen molar-refractivity contribution < 1.29 is 0 Å². The highest BCUT2D eigenvalue weighted by Gasteiger charge is 2.20. The van der Waals surface area contributed by atoms with Crippen molar-refractivity contribution in [3.8, 4) is 0 Å². The van der Waals surface area contributed by atoms with Gasteiger partial charge in [0.05, 0.1) is 5.69 Å². The van der Waals surface area contributed by atoms with E-state index in [4.69, 9.17) is 0 Å². The third-order valence-corrected chi connectivity index (χ3v) is 4.61. The third-order valence-electron chi connectivity index (χ3n) is 3.49. The lowest BCUT2D eigenvalue weighted by molar-refractivity contribution is 0.527. The summed E-state index contributed by atoms with van der Waals surface area (Å²) in [6, 6.07) is 11.3. The number of hydrogen-bond acceptors (Lipinski definition) is 2. The van der Waals surface area contributed by atoms with Crippen molar-refractivity contribution in [2.45, 2.75) is 25.4 Å². The van der Waals surface area contributed by atoms with Crippen molar-refractivity contribution in [1.82, 2.24) is 10.3 Å². The first-order chi connectivity index (χ1) is 9.22. The first-order valence-corrected chi connectivity index (χ1v) is 7.91. The molecule has 1 aromatic heterocycles. The van der Waals surface area contributed by atoms with Gasteiger partial charge in [-0.05, 0) is 61.9 Å². The number of nitrogens with one attached hydrogen (secondary N) is 1. The van der Waals surface area contributed by atoms with Crippen molar-refractivity contribution in [3.63, 3.8) is 0 Å². The summed E-state index contributed by atoms with van der Waals surface area (Å²) in [7, 11) is 0. The minimum absolute atomic E-state index is 0.523. The van der Waals surface area contributed by atoms with Crippen molar-refractivity contribution in [3.05, 3.63) is 62.3 Å². The summed E-state index contributed by atoms with van der Waals surface area (Å²) in [6.07, 6.45) is 4.07. The summed E-state index contributed by atoms with van der Waals surface area (Å²) in [5, 5.41) is 3.60. The standard InChI is InChI=1S/C15H14Br2N2/c16-12-7-14(17)15(19-8-12)9-18-13-5-10-3-1-2-4-11(10)6-13/h1-4,7-8,13,18H,5-6,9H2. The van der Waals surface area contributed by atoms with Crippen LogP contribution in [0.15, 0.2) is 45.5 Å². The van der Waals surface area contributed by atoms with E-state index in [1.165, 1.54) is 11.1 Å². The normalized spacial score (nSPS) is 14.6. The Morgan fingerprint density at radius 2 is 1.84 bits per heavy atom. The maximum Gasteiger partial charge on any atom is 0.0684 e. The SMILES string of the molecule is Brc1cnc(CNC2Cc3ccccc3C2)c(Br)c1. The van der Waals surface area contributed by atoms with E-state index in [9.17, 15) is 0 Å². The molecule has 1 N–H and O–H groups in total. The summed E-state index contributed by atoms with van der Waals surface area (Å²) >= 11 is 6.97. The zero-order chi connectivity index (χ0) is 13.2. The van der Waals surface area contributed by atoms with Crippen LogP contribution in [-0.4, -0.2) is 11.0 Å². The molecule has 0 unspecified atom stereocenters. The predicted octanol–water partition coefficient (Wildman–Crippen LogP) is 3.86. The van der Waals surface area contributed by atoms with E-state index in [1.54, 1.807) is 0 Å². The van der Waals surface area contributed by atoms with E-state index in [1.807, 2.05) is 12.3 Å². The lowest BCUT2D eigenvalue weighted by atomic mass is 10.1. The summed E-state index contributed by atoms with van der Waals surface area (Å²) < 4.78 is 2.04. The van der Waals surface area contributed by atoms with Crippen LogP contribution in [0.2, 0.25) is 0 Å². The summed E-state index contributed by atoms with van der Waals surface area (Å²) in [5.74, 6) is 0. The van der Waals surface area contributed by atoms with Crippen molar-refractivity contribution in [1.29, 1.82) is 0 Å². The summed E-state index contributed by atoms with van der Waals surface area (Å²) in [6.45, 7) is 0.798. The van der Waals surface area contributed by atoms with Gasteiger partial charge in [-0.15, -0.1) is 0 Å². The van der Waals surface area contributed by atoms with Crippen molar-refractivity contribution in [2.75, 3.05) is 0 Å². The Morgan fingerprint density at radius 3 is 2.47 bits per heavy atom. The largest absolute Gasteiger partial charge is 0.308 e. The number of halogens is 2. The van der Waals surface area contributed by atoms with Crippen LogP contribution in [-0.2, 0) is 19.4 Å². The van der Waals surface area contributed by atoms with Gasteiger partial charge in [0.25, 0.3) is 0 Å². The molecule has 2 aromatic rings. The number of benzene rings is 1. The van der Waals surface area contributed by atoms with Crippen LogP contribution in [0.4, 0.5) is 0 Å². The monoisotopic (exact) mass is 380 g/mol. The van der Waals surface area contributed by atoms with Gasteiger partial charge in [-0.1, -0.05) is 24.3 Å². The van der Waals surface area contributed by atoms with E-state index in [-0.39, 0.29) is 0 Å². The Hall–Kier alpha value is -0.710. The molecular formula is C15H14Br2N2. The highest BCUT2D eigenvalue weighted by Crippen LogP contribution is 2.23. The lowest BCUT2D eigenvalue weighted by Crippen LogP contribution is -2.29. The van der Waals surface area contributed by atoms with E-state index in [0.29, 0.717) is 6.04 Å². The quantitative estimate of drug-likeness (QED) is 0.872. The van der Waals surface area contributed by atoms with Crippen LogP contribution in [0.3, 0.4) is 0 Å². The number of hydrogen-bond donors (Lipinski definition) is 1. The molecule has 3 rings (SSSR count). The fraction of sp³-hybridized carbons (Fsp3) is 0.267. The van der Waals surface area contributed by atoms with Crippen molar-refractivity contribution in [2.24, 2.45) is 0 Å². The van der Waals surface area contributed by atoms with E-state index < -0.39 is 0 Å². The molecule has 0 radical (unpaired) electrons. The van der Waals surface area contributed by atoms with Crippen LogP contribution in [0.5, 0.6) is 0 Å². The Morgan fingerprint density at radius 1 is 1.16 bits per heavy atom. The Labute approximate surface area is 129 Å². The van der Waals surface area contributed by atoms with Gasteiger partial charge in [-0.3, -0.25) is 4.98 Å². The molecular weight excluding hydrogens is 368 g/mol. The van der Waals surface area contributed by atoms with Gasteiger partial charge in [0.2, 0.25) is 0 Å².